The maximum Gasteiger partial charge on any atom is 0.143 e. The quantitative estimate of drug-likeness (QED) is 0.660. The summed E-state index contributed by atoms with van der Waals surface area (Å²) in [4.78, 5) is 0. The molecule has 0 bridgehead atoms. The third-order valence-corrected chi connectivity index (χ3v) is 2.44. The first-order valence-corrected chi connectivity index (χ1v) is 4.54. The van der Waals surface area contributed by atoms with Gasteiger partial charge in [-0.1, -0.05) is 11.6 Å². The van der Waals surface area contributed by atoms with Crippen LogP contribution in [-0.4, -0.2) is 4.57 Å². The lowest BCUT2D eigenvalue weighted by molar-refractivity contribution is 0.628. The topological polar surface area (TPSA) is 4.93 Å². The molecular formula is C10H9ClFN. The fourth-order valence-electron chi connectivity index (χ4n) is 1.46. The van der Waals surface area contributed by atoms with E-state index < -0.39 is 0 Å². The molecule has 0 radical (unpaired) electrons. The van der Waals surface area contributed by atoms with Gasteiger partial charge in [0, 0.05) is 18.1 Å². The van der Waals surface area contributed by atoms with Crippen LogP contribution in [0.5, 0.6) is 0 Å². The average Bonchev–Trinajstić information content (AvgIpc) is 2.48. The zero-order valence-electron chi connectivity index (χ0n) is 7.22. The van der Waals surface area contributed by atoms with E-state index >= 15 is 0 Å². The van der Waals surface area contributed by atoms with E-state index in [1.165, 1.54) is 6.07 Å². The summed E-state index contributed by atoms with van der Waals surface area (Å²) in [6, 6.07) is 5.06. The monoisotopic (exact) mass is 197 g/mol. The zero-order chi connectivity index (χ0) is 9.42. The van der Waals surface area contributed by atoms with Gasteiger partial charge >= 0.3 is 0 Å². The summed E-state index contributed by atoms with van der Waals surface area (Å²) in [5, 5.41) is 1.16. The Balaban J connectivity index is 2.77. The smallest absolute Gasteiger partial charge is 0.143 e. The first-order chi connectivity index (χ1) is 6.22. The molecule has 0 saturated carbocycles. The lowest BCUT2D eigenvalue weighted by Gasteiger charge is -2.00. The van der Waals surface area contributed by atoms with Crippen LogP contribution in [-0.2, 0) is 6.54 Å². The molecule has 2 aromatic rings. The Bertz CT molecular complexity index is 447. The summed E-state index contributed by atoms with van der Waals surface area (Å²) in [7, 11) is 0. The second-order valence-electron chi connectivity index (χ2n) is 2.93. The predicted molar refractivity (Wildman–Crippen MR) is 52.6 cm³/mol. The van der Waals surface area contributed by atoms with Crippen molar-refractivity contribution in [3.8, 4) is 0 Å². The van der Waals surface area contributed by atoms with E-state index in [-0.39, 0.29) is 10.8 Å². The summed E-state index contributed by atoms with van der Waals surface area (Å²) < 4.78 is 15.1. The Hall–Kier alpha value is -1.02. The van der Waals surface area contributed by atoms with Crippen molar-refractivity contribution < 1.29 is 4.39 Å². The number of nitrogens with zero attached hydrogens (tertiary/aromatic N) is 1. The summed E-state index contributed by atoms with van der Waals surface area (Å²) in [6.07, 6.45) is 1.93. The Kier molecular flexibility index (Phi) is 2.00. The van der Waals surface area contributed by atoms with Gasteiger partial charge in [-0.2, -0.15) is 0 Å². The summed E-state index contributed by atoms with van der Waals surface area (Å²) in [5.41, 5.74) is 0.893. The van der Waals surface area contributed by atoms with Gasteiger partial charge in [-0.05, 0) is 25.1 Å². The van der Waals surface area contributed by atoms with Crippen molar-refractivity contribution in [1.82, 2.24) is 4.57 Å². The molecule has 1 nitrogen and oxygen atoms in total. The second-order valence-corrected chi connectivity index (χ2v) is 3.33. The highest BCUT2D eigenvalue weighted by atomic mass is 35.5. The molecule has 0 fully saturated rings. The van der Waals surface area contributed by atoms with E-state index in [0.717, 1.165) is 17.4 Å². The summed E-state index contributed by atoms with van der Waals surface area (Å²) in [6.45, 7) is 2.86. The van der Waals surface area contributed by atoms with E-state index in [2.05, 4.69) is 0 Å². The van der Waals surface area contributed by atoms with Crippen LogP contribution in [0.15, 0.2) is 24.4 Å². The minimum atomic E-state index is -0.359. The van der Waals surface area contributed by atoms with Crippen molar-refractivity contribution in [3.63, 3.8) is 0 Å². The van der Waals surface area contributed by atoms with Gasteiger partial charge in [-0.15, -0.1) is 0 Å². The van der Waals surface area contributed by atoms with Crippen LogP contribution >= 0.6 is 11.6 Å². The maximum atomic E-state index is 13.1. The van der Waals surface area contributed by atoms with E-state index in [4.69, 9.17) is 11.6 Å². The number of benzene rings is 1. The number of hydrogen-bond donors (Lipinski definition) is 0. The van der Waals surface area contributed by atoms with Crippen LogP contribution < -0.4 is 0 Å². The van der Waals surface area contributed by atoms with Crippen LogP contribution in [0.1, 0.15) is 6.92 Å². The standard InChI is InChI=1S/C10H9ClFN/c1-2-13-4-3-7-5-8(11)9(12)6-10(7)13/h3-6H,2H2,1H3. The third kappa shape index (κ3) is 1.31. The molecule has 0 aliphatic heterocycles. The van der Waals surface area contributed by atoms with Gasteiger partial charge in [0.15, 0.2) is 0 Å². The molecule has 0 aliphatic rings. The number of rotatable bonds is 1. The molecule has 0 spiro atoms. The van der Waals surface area contributed by atoms with Crippen molar-refractivity contribution in [2.24, 2.45) is 0 Å². The number of aromatic nitrogens is 1. The molecule has 0 aliphatic carbocycles. The van der Waals surface area contributed by atoms with Gasteiger partial charge in [0.25, 0.3) is 0 Å². The number of aryl methyl sites for hydroxylation is 1. The Morgan fingerprint density at radius 2 is 2.23 bits per heavy atom. The largest absolute Gasteiger partial charge is 0.348 e. The van der Waals surface area contributed by atoms with Crippen LogP contribution in [0, 0.1) is 5.82 Å². The Morgan fingerprint density at radius 3 is 2.92 bits per heavy atom. The Morgan fingerprint density at radius 1 is 1.46 bits per heavy atom. The minimum Gasteiger partial charge on any atom is -0.348 e. The molecule has 0 amide bonds. The van der Waals surface area contributed by atoms with Gasteiger partial charge in [0.1, 0.15) is 5.82 Å². The molecule has 2 rings (SSSR count). The lowest BCUT2D eigenvalue weighted by Crippen LogP contribution is -1.91. The highest BCUT2D eigenvalue weighted by Crippen LogP contribution is 2.23. The lowest BCUT2D eigenvalue weighted by atomic mass is 10.2. The number of hydrogen-bond acceptors (Lipinski definition) is 0. The first-order valence-electron chi connectivity index (χ1n) is 4.16. The van der Waals surface area contributed by atoms with Gasteiger partial charge in [-0.25, -0.2) is 4.39 Å². The molecule has 1 aromatic heterocycles. The van der Waals surface area contributed by atoms with Crippen molar-refractivity contribution >= 4 is 22.5 Å². The fourth-order valence-corrected chi connectivity index (χ4v) is 1.63. The minimum absolute atomic E-state index is 0.182. The number of fused-ring (bicyclic) bond motifs is 1. The van der Waals surface area contributed by atoms with E-state index in [1.54, 1.807) is 6.07 Å². The predicted octanol–water partition coefficient (Wildman–Crippen LogP) is 3.45. The summed E-state index contributed by atoms with van der Waals surface area (Å²) >= 11 is 5.66. The van der Waals surface area contributed by atoms with Crippen molar-refractivity contribution in [2.75, 3.05) is 0 Å². The van der Waals surface area contributed by atoms with Crippen LogP contribution in [0.3, 0.4) is 0 Å². The van der Waals surface area contributed by atoms with Crippen molar-refractivity contribution in [2.45, 2.75) is 13.5 Å². The first kappa shape index (κ1) is 8.57. The molecule has 1 aromatic carbocycles. The number of halogens is 2. The van der Waals surface area contributed by atoms with E-state index in [9.17, 15) is 4.39 Å². The average molecular weight is 198 g/mol. The van der Waals surface area contributed by atoms with E-state index in [1.807, 2.05) is 23.8 Å². The maximum absolute atomic E-state index is 13.1. The van der Waals surface area contributed by atoms with Crippen molar-refractivity contribution in [1.29, 1.82) is 0 Å². The zero-order valence-corrected chi connectivity index (χ0v) is 7.98. The van der Waals surface area contributed by atoms with Gasteiger partial charge in [0.05, 0.1) is 10.5 Å². The molecule has 0 N–H and O–H groups in total. The highest BCUT2D eigenvalue weighted by Gasteiger charge is 2.04. The van der Waals surface area contributed by atoms with Gasteiger partial charge in [0.2, 0.25) is 0 Å². The van der Waals surface area contributed by atoms with Crippen LogP contribution in [0.2, 0.25) is 5.02 Å². The Labute approximate surface area is 80.7 Å². The molecule has 0 atom stereocenters. The van der Waals surface area contributed by atoms with Crippen LogP contribution in [0.25, 0.3) is 10.9 Å². The van der Waals surface area contributed by atoms with Gasteiger partial charge < -0.3 is 4.57 Å². The molecule has 0 saturated heterocycles. The normalized spacial score (nSPS) is 11.0. The van der Waals surface area contributed by atoms with Gasteiger partial charge in [-0.3, -0.25) is 0 Å². The SMILES string of the molecule is CCn1ccc2cc(Cl)c(F)cc21. The second kappa shape index (κ2) is 3.04. The molecule has 68 valence electrons. The summed E-state index contributed by atoms with van der Waals surface area (Å²) in [5.74, 6) is -0.359. The molecule has 0 unspecified atom stereocenters. The fraction of sp³-hybridized carbons (Fsp3) is 0.200. The van der Waals surface area contributed by atoms with E-state index in [0.29, 0.717) is 0 Å². The molecule has 13 heavy (non-hydrogen) atoms. The third-order valence-electron chi connectivity index (χ3n) is 2.15. The molecule has 3 heteroatoms. The van der Waals surface area contributed by atoms with Crippen LogP contribution in [0.4, 0.5) is 4.39 Å². The highest BCUT2D eigenvalue weighted by molar-refractivity contribution is 6.31. The molecular weight excluding hydrogens is 189 g/mol. The molecule has 1 heterocycles. The van der Waals surface area contributed by atoms with Crippen molar-refractivity contribution in [3.05, 3.63) is 35.2 Å².